The summed E-state index contributed by atoms with van der Waals surface area (Å²) in [6, 6.07) is 12.9. The van der Waals surface area contributed by atoms with Gasteiger partial charge in [0.25, 0.3) is 5.91 Å². The number of amides is 1. The first kappa shape index (κ1) is 17.3. The molecule has 1 N–H and O–H groups in total. The molecule has 0 fully saturated rings. The van der Waals surface area contributed by atoms with Crippen molar-refractivity contribution in [2.24, 2.45) is 5.16 Å². The number of carbonyl (C=O) groups is 1. The molecule has 2 rings (SSSR count). The van der Waals surface area contributed by atoms with E-state index in [1.807, 2.05) is 31.2 Å². The molecule has 0 aliphatic heterocycles. The lowest BCUT2D eigenvalue weighted by atomic mass is 10.1. The molecule has 0 aliphatic rings. The predicted molar refractivity (Wildman–Crippen MR) is 92.9 cm³/mol. The zero-order chi connectivity index (χ0) is 17.4. The van der Waals surface area contributed by atoms with Gasteiger partial charge in [-0.1, -0.05) is 29.4 Å². The molecule has 126 valence electrons. The molecule has 0 unspecified atom stereocenters. The van der Waals surface area contributed by atoms with Crippen molar-refractivity contribution in [2.75, 3.05) is 26.1 Å². The van der Waals surface area contributed by atoms with E-state index in [1.54, 1.807) is 38.6 Å². The van der Waals surface area contributed by atoms with Crippen LogP contribution in [0.5, 0.6) is 11.5 Å². The highest BCUT2D eigenvalue weighted by Gasteiger charge is 2.06. The highest BCUT2D eigenvalue weighted by molar-refractivity contribution is 5.92. The molecule has 0 spiro atoms. The zero-order valence-corrected chi connectivity index (χ0v) is 13.9. The minimum atomic E-state index is -0.327. The number of benzene rings is 2. The average molecular weight is 328 g/mol. The summed E-state index contributed by atoms with van der Waals surface area (Å²) in [5.41, 5.74) is 2.58. The molecule has 2 aromatic rings. The number of nitrogens with zero attached hydrogens (tertiary/aromatic N) is 1. The van der Waals surface area contributed by atoms with Crippen LogP contribution in [0.25, 0.3) is 0 Å². The van der Waals surface area contributed by atoms with Gasteiger partial charge >= 0.3 is 0 Å². The van der Waals surface area contributed by atoms with Crippen LogP contribution in [0.3, 0.4) is 0 Å². The topological polar surface area (TPSA) is 69.2 Å². The Labute approximate surface area is 141 Å². The normalized spacial score (nSPS) is 10.5. The molecule has 6 heteroatoms. The molecular formula is C18H20N2O4. The van der Waals surface area contributed by atoms with E-state index in [1.165, 1.54) is 0 Å². The van der Waals surface area contributed by atoms with E-state index in [0.717, 1.165) is 11.1 Å². The van der Waals surface area contributed by atoms with Gasteiger partial charge in [-0.25, -0.2) is 0 Å². The number of rotatable bonds is 7. The van der Waals surface area contributed by atoms with Gasteiger partial charge in [-0.15, -0.1) is 0 Å². The maximum atomic E-state index is 11.9. The molecule has 0 saturated heterocycles. The lowest BCUT2D eigenvalue weighted by Crippen LogP contribution is -2.17. The third kappa shape index (κ3) is 5.01. The van der Waals surface area contributed by atoms with E-state index in [0.29, 0.717) is 17.2 Å². The third-order valence-corrected chi connectivity index (χ3v) is 3.29. The number of oxime groups is 1. The first-order chi connectivity index (χ1) is 11.6. The van der Waals surface area contributed by atoms with Gasteiger partial charge in [-0.3, -0.25) is 4.79 Å². The summed E-state index contributed by atoms with van der Waals surface area (Å²) in [4.78, 5) is 16.9. The first-order valence-corrected chi connectivity index (χ1v) is 7.36. The van der Waals surface area contributed by atoms with Crippen LogP contribution >= 0.6 is 0 Å². The van der Waals surface area contributed by atoms with Crippen molar-refractivity contribution in [2.45, 2.75) is 6.92 Å². The van der Waals surface area contributed by atoms with Gasteiger partial charge in [-0.05, 0) is 18.1 Å². The molecule has 0 aliphatic carbocycles. The van der Waals surface area contributed by atoms with Crippen molar-refractivity contribution >= 4 is 17.8 Å². The number of hydrogen-bond acceptors (Lipinski definition) is 5. The quantitative estimate of drug-likeness (QED) is 0.626. The smallest absolute Gasteiger partial charge is 0.265 e. The summed E-state index contributed by atoms with van der Waals surface area (Å²) in [5.74, 6) is 0.846. The standard InChI is InChI=1S/C18H20N2O4/c1-13-6-4-5-7-14(13)11-19-24-12-18(21)20-15-8-16(22-2)10-17(9-15)23-3/h4-11H,12H2,1-3H3,(H,20,21). The lowest BCUT2D eigenvalue weighted by molar-refractivity contribution is -0.120. The summed E-state index contributed by atoms with van der Waals surface area (Å²) in [6.45, 7) is 1.78. The second kappa shape index (κ2) is 8.57. The van der Waals surface area contributed by atoms with E-state index in [4.69, 9.17) is 14.3 Å². The SMILES string of the molecule is COc1cc(NC(=O)CON=Cc2ccccc2C)cc(OC)c1. The van der Waals surface area contributed by atoms with Gasteiger partial charge in [0.05, 0.1) is 20.4 Å². The van der Waals surface area contributed by atoms with Gasteiger partial charge in [0, 0.05) is 23.9 Å². The molecule has 6 nitrogen and oxygen atoms in total. The molecule has 0 heterocycles. The van der Waals surface area contributed by atoms with Crippen LogP contribution in [0.4, 0.5) is 5.69 Å². The fraction of sp³-hybridized carbons (Fsp3) is 0.222. The maximum absolute atomic E-state index is 11.9. The van der Waals surface area contributed by atoms with Crippen LogP contribution in [0.15, 0.2) is 47.6 Å². The number of ether oxygens (including phenoxy) is 2. The Morgan fingerprint density at radius 1 is 1.12 bits per heavy atom. The van der Waals surface area contributed by atoms with E-state index in [2.05, 4.69) is 10.5 Å². The fourth-order valence-corrected chi connectivity index (χ4v) is 2.00. The van der Waals surface area contributed by atoms with E-state index in [-0.39, 0.29) is 12.5 Å². The molecule has 2 aromatic carbocycles. The van der Waals surface area contributed by atoms with E-state index < -0.39 is 0 Å². The predicted octanol–water partition coefficient (Wildman–Crippen LogP) is 3.00. The van der Waals surface area contributed by atoms with E-state index in [9.17, 15) is 4.79 Å². The van der Waals surface area contributed by atoms with Crippen LogP contribution in [0.2, 0.25) is 0 Å². The number of carbonyl (C=O) groups excluding carboxylic acids is 1. The molecule has 24 heavy (non-hydrogen) atoms. The van der Waals surface area contributed by atoms with Crippen LogP contribution in [-0.4, -0.2) is 32.9 Å². The van der Waals surface area contributed by atoms with Gasteiger partial charge in [0.1, 0.15) is 11.5 Å². The number of methoxy groups -OCH3 is 2. The van der Waals surface area contributed by atoms with Crippen molar-refractivity contribution in [1.29, 1.82) is 0 Å². The Morgan fingerprint density at radius 2 is 1.79 bits per heavy atom. The van der Waals surface area contributed by atoms with E-state index >= 15 is 0 Å². The molecule has 0 atom stereocenters. The summed E-state index contributed by atoms with van der Waals surface area (Å²) >= 11 is 0. The molecule has 1 amide bonds. The summed E-state index contributed by atoms with van der Waals surface area (Å²) in [5, 5.41) is 6.52. The van der Waals surface area contributed by atoms with Gasteiger partial charge in [-0.2, -0.15) is 0 Å². The van der Waals surface area contributed by atoms with Crippen molar-refractivity contribution in [3.8, 4) is 11.5 Å². The number of hydrogen-bond donors (Lipinski definition) is 1. The molecule has 0 aromatic heterocycles. The Bertz CT molecular complexity index is 706. The minimum Gasteiger partial charge on any atom is -0.497 e. The molecule has 0 bridgehead atoms. The van der Waals surface area contributed by atoms with Crippen molar-refractivity contribution in [3.05, 3.63) is 53.6 Å². The Balaban J connectivity index is 1.88. The molecular weight excluding hydrogens is 308 g/mol. The van der Waals surface area contributed by atoms with Crippen molar-refractivity contribution < 1.29 is 19.1 Å². The van der Waals surface area contributed by atoms with Gasteiger partial charge < -0.3 is 19.6 Å². The Morgan fingerprint density at radius 3 is 2.42 bits per heavy atom. The van der Waals surface area contributed by atoms with Gasteiger partial charge in [0.2, 0.25) is 0 Å². The summed E-state index contributed by atoms with van der Waals surface area (Å²) < 4.78 is 10.3. The van der Waals surface area contributed by atoms with Crippen LogP contribution in [-0.2, 0) is 9.63 Å². The van der Waals surface area contributed by atoms with Gasteiger partial charge in [0.15, 0.2) is 6.61 Å². The number of aryl methyl sites for hydroxylation is 1. The second-order valence-electron chi connectivity index (χ2n) is 5.01. The lowest BCUT2D eigenvalue weighted by Gasteiger charge is -2.09. The highest BCUT2D eigenvalue weighted by Crippen LogP contribution is 2.25. The molecule has 0 radical (unpaired) electrons. The highest BCUT2D eigenvalue weighted by atomic mass is 16.6. The maximum Gasteiger partial charge on any atom is 0.265 e. The van der Waals surface area contributed by atoms with Crippen LogP contribution < -0.4 is 14.8 Å². The van der Waals surface area contributed by atoms with Crippen molar-refractivity contribution in [1.82, 2.24) is 0 Å². The van der Waals surface area contributed by atoms with Crippen molar-refractivity contribution in [3.63, 3.8) is 0 Å². The zero-order valence-electron chi connectivity index (χ0n) is 13.9. The number of anilines is 1. The largest absolute Gasteiger partial charge is 0.497 e. The second-order valence-corrected chi connectivity index (χ2v) is 5.01. The monoisotopic (exact) mass is 328 g/mol. The average Bonchev–Trinajstić information content (AvgIpc) is 2.59. The third-order valence-electron chi connectivity index (χ3n) is 3.29. The Hall–Kier alpha value is -3.02. The first-order valence-electron chi connectivity index (χ1n) is 7.36. The van der Waals surface area contributed by atoms with Crippen LogP contribution in [0.1, 0.15) is 11.1 Å². The minimum absolute atomic E-state index is 0.193. The summed E-state index contributed by atoms with van der Waals surface area (Å²) in [6.07, 6.45) is 1.58. The Kier molecular flexibility index (Phi) is 6.19. The fourth-order valence-electron chi connectivity index (χ4n) is 2.00. The molecule has 0 saturated carbocycles. The summed E-state index contributed by atoms with van der Waals surface area (Å²) in [7, 11) is 3.09. The number of nitrogens with one attached hydrogen (secondary N) is 1. The van der Waals surface area contributed by atoms with Crippen LogP contribution in [0, 0.1) is 6.92 Å².